The summed E-state index contributed by atoms with van der Waals surface area (Å²) in [6.07, 6.45) is 0.831. The Morgan fingerprint density at radius 3 is 2.80 bits per heavy atom. The maximum absolute atomic E-state index is 12.9. The molecule has 1 unspecified atom stereocenters. The molecular weight excluding hydrogens is 195 g/mol. The zero-order chi connectivity index (χ0) is 11.3. The van der Waals surface area contributed by atoms with E-state index in [4.69, 9.17) is 9.47 Å². The predicted molar refractivity (Wildman–Crippen MR) is 57.7 cm³/mol. The van der Waals surface area contributed by atoms with Gasteiger partial charge >= 0.3 is 0 Å². The highest BCUT2D eigenvalue weighted by molar-refractivity contribution is 5.32. The molecule has 3 heteroatoms. The third-order valence-electron chi connectivity index (χ3n) is 2.21. The summed E-state index contributed by atoms with van der Waals surface area (Å²) in [6, 6.07) is 4.56. The van der Waals surface area contributed by atoms with Crippen LogP contribution >= 0.6 is 0 Å². The van der Waals surface area contributed by atoms with Gasteiger partial charge in [-0.2, -0.15) is 0 Å². The topological polar surface area (TPSA) is 18.5 Å². The molecule has 0 aliphatic rings. The lowest BCUT2D eigenvalue weighted by Gasteiger charge is -2.15. The molecule has 0 fully saturated rings. The highest BCUT2D eigenvalue weighted by Gasteiger charge is 2.07. The number of hydrogen-bond donors (Lipinski definition) is 0. The van der Waals surface area contributed by atoms with Crippen molar-refractivity contribution in [3.05, 3.63) is 29.6 Å². The van der Waals surface area contributed by atoms with Crippen LogP contribution in [0.1, 0.15) is 18.9 Å². The minimum Gasteiger partial charge on any atom is -0.490 e. The fourth-order valence-electron chi connectivity index (χ4n) is 1.26. The third kappa shape index (κ3) is 3.88. The molecule has 0 aliphatic heterocycles. The number of rotatable bonds is 5. The van der Waals surface area contributed by atoms with Crippen molar-refractivity contribution in [3.8, 4) is 5.75 Å². The van der Waals surface area contributed by atoms with Crippen LogP contribution in [0.5, 0.6) is 5.75 Å². The molecule has 15 heavy (non-hydrogen) atoms. The Kier molecular flexibility index (Phi) is 4.56. The molecule has 84 valence electrons. The van der Waals surface area contributed by atoms with E-state index in [1.165, 1.54) is 12.1 Å². The van der Waals surface area contributed by atoms with E-state index >= 15 is 0 Å². The lowest BCUT2D eigenvalue weighted by atomic mass is 10.2. The Bertz CT molecular complexity index is 312. The van der Waals surface area contributed by atoms with E-state index in [1.54, 1.807) is 13.2 Å². The lowest BCUT2D eigenvalue weighted by molar-refractivity contribution is 0.134. The Hall–Kier alpha value is -1.09. The second kappa shape index (κ2) is 5.71. The zero-order valence-electron chi connectivity index (χ0n) is 9.42. The van der Waals surface area contributed by atoms with E-state index < -0.39 is 0 Å². The van der Waals surface area contributed by atoms with Crippen molar-refractivity contribution < 1.29 is 13.9 Å². The summed E-state index contributed by atoms with van der Waals surface area (Å²) >= 11 is 0. The van der Waals surface area contributed by atoms with Crippen molar-refractivity contribution in [2.45, 2.75) is 26.4 Å². The van der Waals surface area contributed by atoms with Gasteiger partial charge in [0.25, 0.3) is 0 Å². The fourth-order valence-corrected chi connectivity index (χ4v) is 1.26. The first-order valence-electron chi connectivity index (χ1n) is 5.05. The zero-order valence-corrected chi connectivity index (χ0v) is 9.42. The van der Waals surface area contributed by atoms with Gasteiger partial charge in [0.1, 0.15) is 11.6 Å². The number of ether oxygens (including phenoxy) is 2. The minimum absolute atomic E-state index is 0.0328. The highest BCUT2D eigenvalue weighted by Crippen LogP contribution is 2.20. The van der Waals surface area contributed by atoms with Crippen LogP contribution in [0.25, 0.3) is 0 Å². The smallest absolute Gasteiger partial charge is 0.126 e. The summed E-state index contributed by atoms with van der Waals surface area (Å²) in [5, 5.41) is 0. The molecule has 0 N–H and O–H groups in total. The Labute approximate surface area is 90.0 Å². The molecule has 1 aromatic rings. The number of benzene rings is 1. The summed E-state index contributed by atoms with van der Waals surface area (Å²) in [5.41, 5.74) is 0.945. The molecule has 0 saturated carbocycles. The van der Waals surface area contributed by atoms with Crippen LogP contribution in [0.15, 0.2) is 18.2 Å². The van der Waals surface area contributed by atoms with Gasteiger partial charge in [-0.05, 0) is 25.5 Å². The molecular formula is C12H17FO2. The molecule has 1 aromatic carbocycles. The van der Waals surface area contributed by atoms with Gasteiger partial charge in [-0.3, -0.25) is 0 Å². The summed E-state index contributed by atoms with van der Waals surface area (Å²) < 4.78 is 23.5. The van der Waals surface area contributed by atoms with Crippen LogP contribution in [0.3, 0.4) is 0 Å². The SMILES string of the molecule is COCCC(C)Oc1cc(F)ccc1C. The third-order valence-corrected chi connectivity index (χ3v) is 2.21. The first-order valence-corrected chi connectivity index (χ1v) is 5.05. The van der Waals surface area contributed by atoms with Crippen molar-refractivity contribution in [1.82, 2.24) is 0 Å². The molecule has 0 aromatic heterocycles. The largest absolute Gasteiger partial charge is 0.490 e. The van der Waals surface area contributed by atoms with Crippen molar-refractivity contribution in [2.75, 3.05) is 13.7 Å². The number of hydrogen-bond acceptors (Lipinski definition) is 2. The molecule has 0 radical (unpaired) electrons. The molecule has 0 amide bonds. The Morgan fingerprint density at radius 2 is 2.13 bits per heavy atom. The number of methoxy groups -OCH3 is 1. The van der Waals surface area contributed by atoms with Gasteiger partial charge in [-0.25, -0.2) is 4.39 Å². The van der Waals surface area contributed by atoms with E-state index in [0.717, 1.165) is 12.0 Å². The van der Waals surface area contributed by atoms with Crippen LogP contribution in [-0.4, -0.2) is 19.8 Å². The van der Waals surface area contributed by atoms with Gasteiger partial charge in [0.2, 0.25) is 0 Å². The van der Waals surface area contributed by atoms with E-state index in [9.17, 15) is 4.39 Å². The fraction of sp³-hybridized carbons (Fsp3) is 0.500. The van der Waals surface area contributed by atoms with Gasteiger partial charge < -0.3 is 9.47 Å². The van der Waals surface area contributed by atoms with Crippen LogP contribution in [0.2, 0.25) is 0 Å². The van der Waals surface area contributed by atoms with Gasteiger partial charge in [0.15, 0.2) is 0 Å². The van der Waals surface area contributed by atoms with E-state index in [1.807, 2.05) is 13.8 Å². The van der Waals surface area contributed by atoms with E-state index in [-0.39, 0.29) is 11.9 Å². The molecule has 1 rings (SSSR count). The average molecular weight is 212 g/mol. The summed E-state index contributed by atoms with van der Waals surface area (Å²) in [7, 11) is 1.65. The average Bonchev–Trinajstić information content (AvgIpc) is 2.20. The number of halogens is 1. The summed E-state index contributed by atoms with van der Waals surface area (Å²) in [4.78, 5) is 0. The molecule has 1 atom stereocenters. The first kappa shape index (κ1) is 12.0. The van der Waals surface area contributed by atoms with Crippen LogP contribution in [-0.2, 0) is 4.74 Å². The quantitative estimate of drug-likeness (QED) is 0.747. The molecule has 2 nitrogen and oxygen atoms in total. The maximum atomic E-state index is 12.9. The molecule has 0 aliphatic carbocycles. The van der Waals surface area contributed by atoms with Crippen LogP contribution < -0.4 is 4.74 Å². The van der Waals surface area contributed by atoms with Crippen LogP contribution in [0, 0.1) is 12.7 Å². The normalized spacial score (nSPS) is 12.5. The maximum Gasteiger partial charge on any atom is 0.126 e. The van der Waals surface area contributed by atoms with Gasteiger partial charge in [0, 0.05) is 26.2 Å². The second-order valence-electron chi connectivity index (χ2n) is 3.62. The molecule has 0 heterocycles. The summed E-state index contributed by atoms with van der Waals surface area (Å²) in [6.45, 7) is 4.50. The standard InChI is InChI=1S/C12H17FO2/c1-9-4-5-11(13)8-12(9)15-10(2)6-7-14-3/h4-5,8,10H,6-7H2,1-3H3. The van der Waals surface area contributed by atoms with Crippen molar-refractivity contribution in [1.29, 1.82) is 0 Å². The molecule has 0 spiro atoms. The Morgan fingerprint density at radius 1 is 1.40 bits per heavy atom. The number of aryl methyl sites for hydroxylation is 1. The van der Waals surface area contributed by atoms with Gasteiger partial charge in [-0.15, -0.1) is 0 Å². The first-order chi connectivity index (χ1) is 7.13. The molecule has 0 saturated heterocycles. The van der Waals surface area contributed by atoms with Crippen molar-refractivity contribution in [2.24, 2.45) is 0 Å². The van der Waals surface area contributed by atoms with Gasteiger partial charge in [-0.1, -0.05) is 6.07 Å². The Balaban J connectivity index is 2.59. The monoisotopic (exact) mass is 212 g/mol. The van der Waals surface area contributed by atoms with Crippen molar-refractivity contribution >= 4 is 0 Å². The minimum atomic E-state index is -0.269. The van der Waals surface area contributed by atoms with E-state index in [0.29, 0.717) is 12.4 Å². The van der Waals surface area contributed by atoms with Crippen molar-refractivity contribution in [3.63, 3.8) is 0 Å². The van der Waals surface area contributed by atoms with E-state index in [2.05, 4.69) is 0 Å². The predicted octanol–water partition coefficient (Wildman–Crippen LogP) is 2.94. The van der Waals surface area contributed by atoms with Crippen LogP contribution in [0.4, 0.5) is 4.39 Å². The lowest BCUT2D eigenvalue weighted by Crippen LogP contribution is -2.14. The van der Waals surface area contributed by atoms with Gasteiger partial charge in [0.05, 0.1) is 6.10 Å². The highest BCUT2D eigenvalue weighted by atomic mass is 19.1. The molecule has 0 bridgehead atoms. The summed E-state index contributed by atoms with van der Waals surface area (Å²) in [5.74, 6) is 0.341. The second-order valence-corrected chi connectivity index (χ2v) is 3.62.